The lowest BCUT2D eigenvalue weighted by atomic mass is 9.98. The molecule has 0 aromatic heterocycles. The van der Waals surface area contributed by atoms with Crippen molar-refractivity contribution >= 4 is 89.6 Å². The summed E-state index contributed by atoms with van der Waals surface area (Å²) in [7, 11) is 3.74. The summed E-state index contributed by atoms with van der Waals surface area (Å²) in [5.74, 6) is 2.75. The molecule has 7 aromatic carbocycles. The number of amides is 1. The van der Waals surface area contributed by atoms with E-state index in [1.165, 1.54) is 26.5 Å². The van der Waals surface area contributed by atoms with Crippen molar-refractivity contribution in [2.45, 2.75) is 6.42 Å². The van der Waals surface area contributed by atoms with Crippen molar-refractivity contribution in [3.63, 3.8) is 0 Å². The molecule has 0 unspecified atom stereocenters. The van der Waals surface area contributed by atoms with Crippen LogP contribution < -0.4 is 9.80 Å². The third-order valence-electron chi connectivity index (χ3n) is 8.94. The Kier molecular flexibility index (Phi) is 12.4. The maximum atomic E-state index is 13.3. The Morgan fingerprint density at radius 2 is 1.28 bits per heavy atom. The third kappa shape index (κ3) is 8.82. The minimum Gasteiger partial charge on any atom is -0.311 e. The van der Waals surface area contributed by atoms with E-state index in [2.05, 4.69) is 112 Å². The molecule has 0 fully saturated rings. The molecule has 7 rings (SSSR count). The first-order valence-corrected chi connectivity index (χ1v) is 19.2. The summed E-state index contributed by atoms with van der Waals surface area (Å²) in [5, 5.41) is 13.6. The van der Waals surface area contributed by atoms with Crippen LogP contribution in [0.2, 0.25) is 0 Å². The summed E-state index contributed by atoms with van der Waals surface area (Å²) in [6.45, 7) is 4.10. The fourth-order valence-electron chi connectivity index (χ4n) is 6.14. The van der Waals surface area contributed by atoms with Crippen molar-refractivity contribution in [2.24, 2.45) is 0 Å². The highest BCUT2D eigenvalue weighted by atomic mass is 127. The summed E-state index contributed by atoms with van der Waals surface area (Å²) in [6.07, 6.45) is 0.532. The number of hydrogen-bond donors (Lipinski definition) is 0. The van der Waals surface area contributed by atoms with Gasteiger partial charge in [-0.3, -0.25) is 4.79 Å². The second-order valence-electron chi connectivity index (χ2n) is 12.5. The Labute approximate surface area is 342 Å². The van der Waals surface area contributed by atoms with Gasteiger partial charge in [0.25, 0.3) is 5.91 Å². The topological polar surface area (TPSA) is 47.3 Å². The van der Waals surface area contributed by atoms with E-state index in [-0.39, 0.29) is 11.7 Å². The average Bonchev–Trinajstić information content (AvgIpc) is 3.20. The molecule has 54 heavy (non-hydrogen) atoms. The van der Waals surface area contributed by atoms with Crippen LogP contribution in [0.15, 0.2) is 152 Å². The normalized spacial score (nSPS) is 10.4. The standard InChI is InChI=1S/C27H19IN2O.C20H15FIN/c1-18(22-8-3-9-23(16-22)20-14-12-19(17-29)13-15-20)27(31)30(2)25-11-5-7-21-6-4-10-24(28)26(21)25;1-23(13-5-7-15-6-2-10-17(21)14-15)19-12-4-9-16-8-3-11-18(22)20(16)19/h3-16H,1H2,2H3;2-4,6,8-12,14H,7H2,1H3. The van der Waals surface area contributed by atoms with E-state index in [0.717, 1.165) is 48.0 Å². The lowest BCUT2D eigenvalue weighted by Crippen LogP contribution is -2.27. The van der Waals surface area contributed by atoms with E-state index >= 15 is 0 Å². The zero-order valence-electron chi connectivity index (χ0n) is 29.7. The van der Waals surface area contributed by atoms with Crippen LogP contribution in [0.25, 0.3) is 38.2 Å². The number of fused-ring (bicyclic) bond motifs is 2. The van der Waals surface area contributed by atoms with Crippen molar-refractivity contribution in [1.82, 2.24) is 0 Å². The van der Waals surface area contributed by atoms with Gasteiger partial charge in [-0.1, -0.05) is 103 Å². The molecule has 0 aliphatic heterocycles. The molecule has 0 bridgehead atoms. The molecule has 0 N–H and O–H groups in total. The molecule has 0 aliphatic carbocycles. The van der Waals surface area contributed by atoms with E-state index in [0.29, 0.717) is 17.6 Å². The van der Waals surface area contributed by atoms with Gasteiger partial charge in [-0.15, -0.1) is 0 Å². The molecule has 0 saturated carbocycles. The number of nitriles is 1. The monoisotopic (exact) mass is 929 g/mol. The number of hydrogen-bond acceptors (Lipinski definition) is 3. The Morgan fingerprint density at radius 3 is 1.91 bits per heavy atom. The minimum atomic E-state index is -0.221. The first kappa shape index (κ1) is 38.2. The van der Waals surface area contributed by atoms with Crippen LogP contribution in [0, 0.1) is 36.3 Å². The molecular weight excluding hydrogens is 895 g/mol. The Balaban J connectivity index is 0.000000193. The van der Waals surface area contributed by atoms with E-state index < -0.39 is 0 Å². The van der Waals surface area contributed by atoms with Crippen LogP contribution >= 0.6 is 45.2 Å². The molecule has 264 valence electrons. The van der Waals surface area contributed by atoms with Crippen molar-refractivity contribution in [3.05, 3.63) is 182 Å². The lowest BCUT2D eigenvalue weighted by molar-refractivity contribution is -0.113. The van der Waals surface area contributed by atoms with Crippen LogP contribution in [0.1, 0.15) is 16.7 Å². The van der Waals surface area contributed by atoms with Gasteiger partial charge in [0, 0.05) is 50.0 Å². The van der Waals surface area contributed by atoms with Crippen LogP contribution in [-0.2, 0) is 11.2 Å². The van der Waals surface area contributed by atoms with Gasteiger partial charge in [0.2, 0.25) is 0 Å². The number of anilines is 2. The van der Waals surface area contributed by atoms with Crippen molar-refractivity contribution in [2.75, 3.05) is 23.9 Å². The number of rotatable bonds is 6. The summed E-state index contributed by atoms with van der Waals surface area (Å²) in [4.78, 5) is 16.9. The third-order valence-corrected chi connectivity index (χ3v) is 10.7. The van der Waals surface area contributed by atoms with Crippen LogP contribution in [0.3, 0.4) is 0 Å². The highest BCUT2D eigenvalue weighted by Crippen LogP contribution is 2.33. The first-order chi connectivity index (χ1) is 26.1. The second-order valence-corrected chi connectivity index (χ2v) is 14.8. The molecule has 7 heteroatoms. The molecule has 0 radical (unpaired) electrons. The number of carbonyl (C=O) groups is 1. The maximum absolute atomic E-state index is 13.3. The van der Waals surface area contributed by atoms with Gasteiger partial charge in [0.05, 0.1) is 23.0 Å². The molecule has 1 amide bonds. The highest BCUT2D eigenvalue weighted by molar-refractivity contribution is 14.1. The number of likely N-dealkylation sites (N-methyl/N-ethyl adjacent to an activating group) is 1. The molecule has 7 aromatic rings. The van der Waals surface area contributed by atoms with Crippen LogP contribution in [-0.4, -0.2) is 20.0 Å². The van der Waals surface area contributed by atoms with Gasteiger partial charge in [-0.25, -0.2) is 4.39 Å². The van der Waals surface area contributed by atoms with Crippen molar-refractivity contribution in [1.29, 1.82) is 5.26 Å². The van der Waals surface area contributed by atoms with Gasteiger partial charge in [0.1, 0.15) is 5.82 Å². The highest BCUT2D eigenvalue weighted by Gasteiger charge is 2.19. The average molecular weight is 930 g/mol. The fraction of sp³-hybridized carbons (Fsp3) is 0.0638. The lowest BCUT2D eigenvalue weighted by Gasteiger charge is -2.21. The molecule has 0 heterocycles. The Bertz CT molecular complexity index is 2610. The predicted molar refractivity (Wildman–Crippen MR) is 239 cm³/mol. The molecule has 0 atom stereocenters. The smallest absolute Gasteiger partial charge is 0.258 e. The summed E-state index contributed by atoms with van der Waals surface area (Å²) in [6, 6.07) is 51.6. The first-order valence-electron chi connectivity index (χ1n) is 17.0. The Hall–Kier alpha value is -5.49. The fourth-order valence-corrected chi connectivity index (χ4v) is 7.73. The molecule has 0 spiro atoms. The molecule has 0 saturated heterocycles. The number of halogens is 3. The van der Waals surface area contributed by atoms with E-state index in [9.17, 15) is 9.18 Å². The summed E-state index contributed by atoms with van der Waals surface area (Å²) < 4.78 is 15.5. The number of carbonyl (C=O) groups excluding carboxylic acids is 1. The van der Waals surface area contributed by atoms with Gasteiger partial charge >= 0.3 is 0 Å². The van der Waals surface area contributed by atoms with Crippen LogP contribution in [0.5, 0.6) is 0 Å². The number of benzene rings is 7. The maximum Gasteiger partial charge on any atom is 0.258 e. The van der Waals surface area contributed by atoms with E-state index in [1.54, 1.807) is 30.1 Å². The zero-order valence-corrected chi connectivity index (χ0v) is 34.0. The quantitative estimate of drug-likeness (QED) is 0.0722. The zero-order chi connectivity index (χ0) is 38.2. The van der Waals surface area contributed by atoms with E-state index in [4.69, 9.17) is 5.26 Å². The van der Waals surface area contributed by atoms with Gasteiger partial charge in [-0.2, -0.15) is 5.26 Å². The minimum absolute atomic E-state index is 0.149. The number of nitrogens with zero attached hydrogens (tertiary/aromatic N) is 3. The van der Waals surface area contributed by atoms with Gasteiger partial charge < -0.3 is 9.80 Å². The molecule has 0 aliphatic rings. The summed E-state index contributed by atoms with van der Waals surface area (Å²) in [5.41, 5.74) is 6.60. The van der Waals surface area contributed by atoms with Crippen molar-refractivity contribution in [3.8, 4) is 29.2 Å². The summed E-state index contributed by atoms with van der Waals surface area (Å²) >= 11 is 4.66. The van der Waals surface area contributed by atoms with Crippen molar-refractivity contribution < 1.29 is 9.18 Å². The van der Waals surface area contributed by atoms with Gasteiger partial charge in [0.15, 0.2) is 0 Å². The molecule has 4 nitrogen and oxygen atoms in total. The van der Waals surface area contributed by atoms with Crippen LogP contribution in [0.4, 0.5) is 15.8 Å². The SMILES string of the molecule is C=C(C(=O)N(C)c1cccc2cccc(I)c12)c1cccc(-c2ccc(C#N)cc2)c1.CN(C#CCc1cccc(F)c1)c1cccc2cccc(I)c12. The Morgan fingerprint density at radius 1 is 0.704 bits per heavy atom. The predicted octanol–water partition coefficient (Wildman–Crippen LogP) is 11.9. The van der Waals surface area contributed by atoms with Gasteiger partial charge in [-0.05, 0) is 133 Å². The van der Waals surface area contributed by atoms with E-state index in [1.807, 2.05) is 84.7 Å². The molecular formula is C47H34FI2N3O. The largest absolute Gasteiger partial charge is 0.311 e. The second kappa shape index (κ2) is 17.6.